The minimum atomic E-state index is 0.0962. The van der Waals surface area contributed by atoms with Crippen LogP contribution in [-0.2, 0) is 4.79 Å². The van der Waals surface area contributed by atoms with Crippen LogP contribution >= 0.6 is 0 Å². The summed E-state index contributed by atoms with van der Waals surface area (Å²) in [4.78, 5) is 11.4. The highest BCUT2D eigenvalue weighted by Gasteiger charge is 2.34. The molecule has 1 amide bonds. The van der Waals surface area contributed by atoms with Crippen LogP contribution in [0.2, 0.25) is 0 Å². The van der Waals surface area contributed by atoms with Crippen LogP contribution in [0.3, 0.4) is 0 Å². The second kappa shape index (κ2) is 6.55. The van der Waals surface area contributed by atoms with E-state index in [-0.39, 0.29) is 11.8 Å². The van der Waals surface area contributed by atoms with Gasteiger partial charge in [-0.25, -0.2) is 0 Å². The number of nitrogens with one attached hydrogen (secondary N) is 2. The van der Waals surface area contributed by atoms with Crippen LogP contribution in [0.25, 0.3) is 0 Å². The molecule has 2 unspecified atom stereocenters. The standard InChI is InChI=1S/C15H28N2O/c1-11(2)15(18)17-9-8-16-14-5-3-4-13(10-14)12-6-7-12/h11-14,16H,3-10H2,1-2H3,(H,17,18). The number of amides is 1. The van der Waals surface area contributed by atoms with E-state index in [1.54, 1.807) is 0 Å². The van der Waals surface area contributed by atoms with Gasteiger partial charge in [0, 0.05) is 25.0 Å². The van der Waals surface area contributed by atoms with Crippen LogP contribution < -0.4 is 10.6 Å². The van der Waals surface area contributed by atoms with Crippen molar-refractivity contribution in [3.8, 4) is 0 Å². The Balaban J connectivity index is 1.57. The Morgan fingerprint density at radius 1 is 1.11 bits per heavy atom. The zero-order chi connectivity index (χ0) is 13.0. The average Bonchev–Trinajstić information content (AvgIpc) is 3.19. The normalized spacial score (nSPS) is 28.4. The summed E-state index contributed by atoms with van der Waals surface area (Å²) in [6, 6.07) is 0.695. The van der Waals surface area contributed by atoms with Crippen molar-refractivity contribution in [2.24, 2.45) is 17.8 Å². The van der Waals surface area contributed by atoms with Crippen molar-refractivity contribution in [1.29, 1.82) is 0 Å². The second-order valence-electron chi connectivity index (χ2n) is 6.36. The number of hydrogen-bond acceptors (Lipinski definition) is 2. The minimum absolute atomic E-state index is 0.0962. The van der Waals surface area contributed by atoms with E-state index in [1.165, 1.54) is 38.5 Å². The highest BCUT2D eigenvalue weighted by Crippen LogP contribution is 2.43. The summed E-state index contributed by atoms with van der Waals surface area (Å²) >= 11 is 0. The summed E-state index contributed by atoms with van der Waals surface area (Å²) in [5.74, 6) is 2.30. The first kappa shape index (κ1) is 13.9. The van der Waals surface area contributed by atoms with Gasteiger partial charge in [-0.1, -0.05) is 26.7 Å². The summed E-state index contributed by atoms with van der Waals surface area (Å²) in [7, 11) is 0. The molecule has 2 N–H and O–H groups in total. The third kappa shape index (κ3) is 4.27. The molecule has 2 aliphatic carbocycles. The fourth-order valence-corrected chi connectivity index (χ4v) is 3.07. The van der Waals surface area contributed by atoms with Gasteiger partial charge in [-0.05, 0) is 37.5 Å². The number of carbonyl (C=O) groups is 1. The maximum Gasteiger partial charge on any atom is 0.222 e. The van der Waals surface area contributed by atoms with E-state index >= 15 is 0 Å². The van der Waals surface area contributed by atoms with Gasteiger partial charge in [0.05, 0.1) is 0 Å². The molecule has 2 saturated carbocycles. The quantitative estimate of drug-likeness (QED) is 0.712. The van der Waals surface area contributed by atoms with E-state index in [4.69, 9.17) is 0 Å². The van der Waals surface area contributed by atoms with Gasteiger partial charge in [0.25, 0.3) is 0 Å². The van der Waals surface area contributed by atoms with Crippen molar-refractivity contribution in [3.63, 3.8) is 0 Å². The van der Waals surface area contributed by atoms with Crippen LogP contribution in [0, 0.1) is 17.8 Å². The lowest BCUT2D eigenvalue weighted by Gasteiger charge is -2.30. The third-order valence-corrected chi connectivity index (χ3v) is 4.39. The Labute approximate surface area is 111 Å². The third-order valence-electron chi connectivity index (χ3n) is 4.39. The highest BCUT2D eigenvalue weighted by molar-refractivity contribution is 5.77. The highest BCUT2D eigenvalue weighted by atomic mass is 16.1. The molecule has 0 aromatic heterocycles. The first-order chi connectivity index (χ1) is 8.66. The summed E-state index contributed by atoms with van der Waals surface area (Å²) in [5.41, 5.74) is 0. The first-order valence-electron chi connectivity index (χ1n) is 7.68. The minimum Gasteiger partial charge on any atom is -0.355 e. The molecule has 0 bridgehead atoms. The molecule has 2 atom stereocenters. The van der Waals surface area contributed by atoms with Crippen LogP contribution in [0.5, 0.6) is 0 Å². The Morgan fingerprint density at radius 2 is 1.89 bits per heavy atom. The predicted octanol–water partition coefficient (Wildman–Crippen LogP) is 2.32. The molecule has 2 rings (SSSR count). The van der Waals surface area contributed by atoms with Gasteiger partial charge in [-0.15, -0.1) is 0 Å². The molecule has 2 aliphatic rings. The van der Waals surface area contributed by atoms with Gasteiger partial charge in [0.1, 0.15) is 0 Å². The molecular weight excluding hydrogens is 224 g/mol. The van der Waals surface area contributed by atoms with Gasteiger partial charge >= 0.3 is 0 Å². The molecule has 0 aromatic carbocycles. The smallest absolute Gasteiger partial charge is 0.222 e. The van der Waals surface area contributed by atoms with E-state index in [0.717, 1.165) is 24.9 Å². The van der Waals surface area contributed by atoms with Crippen molar-refractivity contribution >= 4 is 5.91 Å². The zero-order valence-electron chi connectivity index (χ0n) is 11.9. The maximum absolute atomic E-state index is 11.4. The lowest BCUT2D eigenvalue weighted by atomic mass is 9.83. The largest absolute Gasteiger partial charge is 0.355 e. The second-order valence-corrected chi connectivity index (χ2v) is 6.36. The molecule has 3 nitrogen and oxygen atoms in total. The monoisotopic (exact) mass is 252 g/mol. The van der Waals surface area contributed by atoms with Crippen molar-refractivity contribution < 1.29 is 4.79 Å². The maximum atomic E-state index is 11.4. The van der Waals surface area contributed by atoms with E-state index in [0.29, 0.717) is 6.04 Å². The molecule has 0 aliphatic heterocycles. The van der Waals surface area contributed by atoms with Crippen molar-refractivity contribution in [2.45, 2.75) is 58.4 Å². The van der Waals surface area contributed by atoms with Crippen LogP contribution in [0.15, 0.2) is 0 Å². The van der Waals surface area contributed by atoms with E-state index in [9.17, 15) is 4.79 Å². The summed E-state index contributed by atoms with van der Waals surface area (Å²) in [5, 5.41) is 6.58. The molecular formula is C15H28N2O. The molecule has 0 aromatic rings. The van der Waals surface area contributed by atoms with Crippen molar-refractivity contribution in [2.75, 3.05) is 13.1 Å². The van der Waals surface area contributed by atoms with Gasteiger partial charge in [-0.3, -0.25) is 4.79 Å². The number of carbonyl (C=O) groups excluding carboxylic acids is 1. The SMILES string of the molecule is CC(C)C(=O)NCCNC1CCCC(C2CC2)C1. The Kier molecular flexibility index (Phi) is 5.04. The van der Waals surface area contributed by atoms with Crippen molar-refractivity contribution in [1.82, 2.24) is 10.6 Å². The summed E-state index contributed by atoms with van der Waals surface area (Å²) in [6.07, 6.45) is 8.47. The van der Waals surface area contributed by atoms with Crippen LogP contribution in [-0.4, -0.2) is 25.0 Å². The van der Waals surface area contributed by atoms with E-state index in [2.05, 4.69) is 10.6 Å². The first-order valence-corrected chi connectivity index (χ1v) is 7.68. The van der Waals surface area contributed by atoms with E-state index in [1.807, 2.05) is 13.8 Å². The van der Waals surface area contributed by atoms with E-state index < -0.39 is 0 Å². The molecule has 104 valence electrons. The molecule has 0 radical (unpaired) electrons. The number of hydrogen-bond donors (Lipinski definition) is 2. The molecule has 2 fully saturated rings. The van der Waals surface area contributed by atoms with Crippen molar-refractivity contribution in [3.05, 3.63) is 0 Å². The fraction of sp³-hybridized carbons (Fsp3) is 0.933. The Morgan fingerprint density at radius 3 is 2.56 bits per heavy atom. The molecule has 0 saturated heterocycles. The molecule has 18 heavy (non-hydrogen) atoms. The Hall–Kier alpha value is -0.570. The van der Waals surface area contributed by atoms with Crippen LogP contribution in [0.4, 0.5) is 0 Å². The van der Waals surface area contributed by atoms with Gasteiger partial charge in [0.2, 0.25) is 5.91 Å². The van der Waals surface area contributed by atoms with Gasteiger partial charge < -0.3 is 10.6 Å². The lowest BCUT2D eigenvalue weighted by Crippen LogP contribution is -2.40. The lowest BCUT2D eigenvalue weighted by molar-refractivity contribution is -0.123. The van der Waals surface area contributed by atoms with Crippen LogP contribution in [0.1, 0.15) is 52.4 Å². The summed E-state index contributed by atoms with van der Waals surface area (Å²) < 4.78 is 0. The molecule has 0 spiro atoms. The predicted molar refractivity (Wildman–Crippen MR) is 74.3 cm³/mol. The van der Waals surface area contributed by atoms with Gasteiger partial charge in [-0.2, -0.15) is 0 Å². The average molecular weight is 252 g/mol. The van der Waals surface area contributed by atoms with Gasteiger partial charge in [0.15, 0.2) is 0 Å². The summed E-state index contributed by atoms with van der Waals surface area (Å²) in [6.45, 7) is 5.55. The zero-order valence-corrected chi connectivity index (χ0v) is 11.9. The topological polar surface area (TPSA) is 41.1 Å². The fourth-order valence-electron chi connectivity index (χ4n) is 3.07. The molecule has 3 heteroatoms. The Bertz CT molecular complexity index is 274. The number of rotatable bonds is 6. The molecule has 0 heterocycles.